The first kappa shape index (κ1) is 30.1. The molecule has 10 nitrogen and oxygen atoms in total. The van der Waals surface area contributed by atoms with Gasteiger partial charge in [-0.15, -0.1) is 0 Å². The summed E-state index contributed by atoms with van der Waals surface area (Å²) in [6.45, 7) is 0.783. The number of ether oxygens (including phenoxy) is 2. The van der Waals surface area contributed by atoms with Crippen molar-refractivity contribution in [2.45, 2.75) is 64.2 Å². The van der Waals surface area contributed by atoms with Crippen LogP contribution < -0.4 is 9.47 Å². The lowest BCUT2D eigenvalue weighted by Gasteiger charge is -2.09. The third-order valence-electron chi connectivity index (χ3n) is 5.88. The van der Waals surface area contributed by atoms with Crippen LogP contribution >= 0.6 is 0 Å². The van der Waals surface area contributed by atoms with Gasteiger partial charge in [-0.2, -0.15) is 0 Å². The predicted octanol–water partition coefficient (Wildman–Crippen LogP) is 5.84. The summed E-state index contributed by atoms with van der Waals surface area (Å²) in [4.78, 5) is 44.6. The highest BCUT2D eigenvalue weighted by Crippen LogP contribution is 2.20. The summed E-state index contributed by atoms with van der Waals surface area (Å²) >= 11 is 0. The second-order valence-electron chi connectivity index (χ2n) is 8.95. The minimum absolute atomic E-state index is 0.118. The van der Waals surface area contributed by atoms with Gasteiger partial charge in [-0.3, -0.25) is 0 Å². The number of aromatic carboxylic acids is 4. The Labute approximate surface area is 220 Å². The van der Waals surface area contributed by atoms with Crippen molar-refractivity contribution in [1.82, 2.24) is 0 Å². The molecular weight excluding hydrogens is 496 g/mol. The van der Waals surface area contributed by atoms with Crippen molar-refractivity contribution in [2.24, 2.45) is 0 Å². The zero-order valence-corrected chi connectivity index (χ0v) is 21.2. The van der Waals surface area contributed by atoms with Crippen LogP contribution in [0.2, 0.25) is 0 Å². The largest absolute Gasteiger partial charge is 0.494 e. The van der Waals surface area contributed by atoms with Crippen LogP contribution in [0.4, 0.5) is 0 Å². The maximum absolute atomic E-state index is 11.1. The van der Waals surface area contributed by atoms with E-state index >= 15 is 0 Å². The minimum atomic E-state index is -1.20. The highest BCUT2D eigenvalue weighted by atomic mass is 16.5. The molecule has 0 fully saturated rings. The lowest BCUT2D eigenvalue weighted by Crippen LogP contribution is -2.05. The molecule has 2 aromatic rings. The van der Waals surface area contributed by atoms with Gasteiger partial charge < -0.3 is 29.9 Å². The van der Waals surface area contributed by atoms with E-state index in [0.717, 1.165) is 76.3 Å². The van der Waals surface area contributed by atoms with Crippen molar-refractivity contribution in [3.05, 3.63) is 58.7 Å². The van der Waals surface area contributed by atoms with Crippen LogP contribution in [0.25, 0.3) is 0 Å². The molecule has 0 aliphatic carbocycles. The van der Waals surface area contributed by atoms with Crippen LogP contribution in [0, 0.1) is 0 Å². The Morgan fingerprint density at radius 2 is 0.658 bits per heavy atom. The molecule has 0 aliphatic heterocycles. The van der Waals surface area contributed by atoms with E-state index in [1.807, 2.05) is 0 Å². The van der Waals surface area contributed by atoms with Crippen molar-refractivity contribution in [3.8, 4) is 11.5 Å². The van der Waals surface area contributed by atoms with Crippen molar-refractivity contribution >= 4 is 23.9 Å². The molecule has 10 heteroatoms. The van der Waals surface area contributed by atoms with E-state index in [-0.39, 0.29) is 33.8 Å². The third kappa shape index (κ3) is 10.9. The van der Waals surface area contributed by atoms with Gasteiger partial charge in [0.25, 0.3) is 0 Å². The average molecular weight is 531 g/mol. The molecule has 0 atom stereocenters. The zero-order chi connectivity index (χ0) is 27.9. The summed E-state index contributed by atoms with van der Waals surface area (Å²) in [5.74, 6) is -4.33. The van der Waals surface area contributed by atoms with Crippen LogP contribution in [-0.4, -0.2) is 57.5 Å². The number of hydrogen-bond acceptors (Lipinski definition) is 6. The molecule has 4 N–H and O–H groups in total. The fourth-order valence-corrected chi connectivity index (χ4v) is 3.86. The highest BCUT2D eigenvalue weighted by molar-refractivity contribution is 5.95. The second-order valence-corrected chi connectivity index (χ2v) is 8.95. The van der Waals surface area contributed by atoms with Gasteiger partial charge in [0, 0.05) is 0 Å². The van der Waals surface area contributed by atoms with Gasteiger partial charge in [-0.05, 0) is 49.2 Å². The van der Waals surface area contributed by atoms with Gasteiger partial charge in [-0.1, -0.05) is 51.4 Å². The SMILES string of the molecule is O=C(O)c1cc(OCCCCCCCCCCCCOc2cc(C(=O)O)cc(C(=O)O)c2)cc(C(=O)O)c1. The quantitative estimate of drug-likeness (QED) is 0.162. The minimum Gasteiger partial charge on any atom is -0.494 e. The molecule has 0 aliphatic rings. The molecule has 0 heterocycles. The molecule has 0 saturated carbocycles. The van der Waals surface area contributed by atoms with Crippen molar-refractivity contribution in [1.29, 1.82) is 0 Å². The summed E-state index contributed by atoms with van der Waals surface area (Å²) < 4.78 is 11.1. The van der Waals surface area contributed by atoms with E-state index in [2.05, 4.69) is 0 Å². The second kappa shape index (κ2) is 15.9. The van der Waals surface area contributed by atoms with Crippen LogP contribution in [-0.2, 0) is 0 Å². The Morgan fingerprint density at radius 1 is 0.421 bits per heavy atom. The smallest absolute Gasteiger partial charge is 0.335 e. The Morgan fingerprint density at radius 3 is 0.895 bits per heavy atom. The fourth-order valence-electron chi connectivity index (χ4n) is 3.86. The van der Waals surface area contributed by atoms with Crippen molar-refractivity contribution in [3.63, 3.8) is 0 Å². The van der Waals surface area contributed by atoms with Gasteiger partial charge in [0.05, 0.1) is 35.5 Å². The number of carboxylic acids is 4. The molecule has 0 amide bonds. The number of carbonyl (C=O) groups is 4. The van der Waals surface area contributed by atoms with Crippen LogP contribution in [0.15, 0.2) is 36.4 Å². The Balaban J connectivity index is 1.50. The topological polar surface area (TPSA) is 168 Å². The van der Waals surface area contributed by atoms with Gasteiger partial charge in [0.2, 0.25) is 0 Å². The third-order valence-corrected chi connectivity index (χ3v) is 5.88. The molecule has 0 spiro atoms. The lowest BCUT2D eigenvalue weighted by atomic mass is 10.1. The molecule has 2 aromatic carbocycles. The molecule has 206 valence electrons. The Bertz CT molecular complexity index is 957. The van der Waals surface area contributed by atoms with Crippen molar-refractivity contribution < 1.29 is 49.1 Å². The first-order valence-electron chi connectivity index (χ1n) is 12.7. The number of rotatable bonds is 19. The summed E-state index contributed by atoms with van der Waals surface area (Å²) in [6.07, 6.45) is 10.1. The summed E-state index contributed by atoms with van der Waals surface area (Å²) in [6, 6.07) is 7.51. The maximum atomic E-state index is 11.1. The summed E-state index contributed by atoms with van der Waals surface area (Å²) in [5.41, 5.74) is -0.473. The molecule has 38 heavy (non-hydrogen) atoms. The van der Waals surface area contributed by atoms with E-state index in [1.165, 1.54) is 24.3 Å². The Hall–Kier alpha value is -4.08. The number of hydrogen-bond donors (Lipinski definition) is 4. The van der Waals surface area contributed by atoms with Gasteiger partial charge in [0.1, 0.15) is 11.5 Å². The average Bonchev–Trinajstić information content (AvgIpc) is 2.88. The molecule has 0 aromatic heterocycles. The van der Waals surface area contributed by atoms with E-state index in [0.29, 0.717) is 13.2 Å². The van der Waals surface area contributed by atoms with Gasteiger partial charge in [-0.25, -0.2) is 19.2 Å². The fraction of sp³-hybridized carbons (Fsp3) is 0.429. The molecule has 0 bridgehead atoms. The summed E-state index contributed by atoms with van der Waals surface area (Å²) in [5, 5.41) is 36.4. The Kier molecular flexibility index (Phi) is 12.6. The number of carboxylic acid groups (broad SMARTS) is 4. The van der Waals surface area contributed by atoms with Crippen LogP contribution in [0.3, 0.4) is 0 Å². The first-order chi connectivity index (χ1) is 18.2. The zero-order valence-electron chi connectivity index (χ0n) is 21.2. The van der Waals surface area contributed by atoms with E-state index < -0.39 is 23.9 Å². The molecule has 0 unspecified atom stereocenters. The number of unbranched alkanes of at least 4 members (excludes halogenated alkanes) is 9. The lowest BCUT2D eigenvalue weighted by molar-refractivity contribution is 0.0675. The molecular formula is C28H34O10. The standard InChI is InChI=1S/C28H34O10/c29-25(30)19-13-20(26(31)32)16-23(15-19)37-11-9-7-5-3-1-2-4-6-8-10-12-38-24-17-21(27(33)34)14-22(18-24)28(35)36/h13-18H,1-12H2,(H,29,30)(H,31,32)(H,33,34)(H,35,36). The van der Waals surface area contributed by atoms with Crippen LogP contribution in [0.5, 0.6) is 11.5 Å². The van der Waals surface area contributed by atoms with E-state index in [1.54, 1.807) is 0 Å². The van der Waals surface area contributed by atoms with Gasteiger partial charge in [0.15, 0.2) is 0 Å². The molecule has 0 saturated heterocycles. The van der Waals surface area contributed by atoms with Crippen molar-refractivity contribution in [2.75, 3.05) is 13.2 Å². The van der Waals surface area contributed by atoms with E-state index in [9.17, 15) is 19.2 Å². The number of benzene rings is 2. The first-order valence-corrected chi connectivity index (χ1v) is 12.7. The molecule has 2 rings (SSSR count). The van der Waals surface area contributed by atoms with E-state index in [4.69, 9.17) is 29.9 Å². The monoisotopic (exact) mass is 530 g/mol. The normalized spacial score (nSPS) is 10.6. The predicted molar refractivity (Wildman–Crippen MR) is 138 cm³/mol. The maximum Gasteiger partial charge on any atom is 0.335 e. The molecule has 0 radical (unpaired) electrons. The van der Waals surface area contributed by atoms with Gasteiger partial charge >= 0.3 is 23.9 Å². The van der Waals surface area contributed by atoms with Crippen LogP contribution in [0.1, 0.15) is 106 Å². The summed E-state index contributed by atoms with van der Waals surface area (Å²) in [7, 11) is 0. The highest BCUT2D eigenvalue weighted by Gasteiger charge is 2.13.